The van der Waals surface area contributed by atoms with E-state index in [9.17, 15) is 0 Å². The van der Waals surface area contributed by atoms with Gasteiger partial charge in [0, 0.05) is 19.1 Å². The van der Waals surface area contributed by atoms with Crippen LogP contribution < -0.4 is 10.2 Å². The van der Waals surface area contributed by atoms with Gasteiger partial charge in [0.05, 0.1) is 11.6 Å². The van der Waals surface area contributed by atoms with Crippen molar-refractivity contribution in [2.75, 3.05) is 23.3 Å². The Morgan fingerprint density at radius 3 is 3.05 bits per heavy atom. The van der Waals surface area contributed by atoms with Crippen molar-refractivity contribution < 1.29 is 0 Å². The van der Waals surface area contributed by atoms with Crippen LogP contribution in [0.5, 0.6) is 0 Å². The molecule has 3 rings (SSSR count). The number of fused-ring (bicyclic) bond motifs is 1. The molecule has 21 heavy (non-hydrogen) atoms. The van der Waals surface area contributed by atoms with Gasteiger partial charge in [-0.1, -0.05) is 20.8 Å². The number of aromatic nitrogens is 4. The topological polar surface area (TPSA) is 69.7 Å². The summed E-state index contributed by atoms with van der Waals surface area (Å²) in [6.45, 7) is 8.65. The van der Waals surface area contributed by atoms with E-state index in [1.807, 2.05) is 6.20 Å². The molecule has 6 heteroatoms. The smallest absolute Gasteiger partial charge is 0.226 e. The molecule has 1 atom stereocenters. The number of hydrogen-bond donors (Lipinski definition) is 2. The van der Waals surface area contributed by atoms with E-state index in [1.165, 1.54) is 12.8 Å². The molecule has 0 bridgehead atoms. The zero-order valence-corrected chi connectivity index (χ0v) is 13.1. The van der Waals surface area contributed by atoms with Crippen LogP contribution in [0.15, 0.2) is 6.20 Å². The summed E-state index contributed by atoms with van der Waals surface area (Å²) < 4.78 is 0. The van der Waals surface area contributed by atoms with Gasteiger partial charge in [-0.3, -0.25) is 5.10 Å². The van der Waals surface area contributed by atoms with Crippen molar-refractivity contribution in [3.63, 3.8) is 0 Å². The molecule has 6 nitrogen and oxygen atoms in total. The second-order valence-electron chi connectivity index (χ2n) is 6.08. The molecule has 2 aromatic heterocycles. The molecule has 1 aliphatic rings. The molecule has 2 aromatic rings. The summed E-state index contributed by atoms with van der Waals surface area (Å²) >= 11 is 0. The van der Waals surface area contributed by atoms with Crippen molar-refractivity contribution in [2.45, 2.75) is 46.1 Å². The average Bonchev–Trinajstić information content (AvgIpc) is 3.12. The molecule has 0 aliphatic carbocycles. The number of aromatic amines is 1. The first-order chi connectivity index (χ1) is 10.2. The predicted octanol–water partition coefficient (Wildman–Crippen LogP) is 2.80. The molecule has 1 fully saturated rings. The molecule has 1 saturated heterocycles. The van der Waals surface area contributed by atoms with E-state index in [0.29, 0.717) is 17.9 Å². The minimum atomic E-state index is 0.553. The number of anilines is 2. The molecule has 0 radical (unpaired) electrons. The Morgan fingerprint density at radius 2 is 2.29 bits per heavy atom. The molecule has 1 aliphatic heterocycles. The molecule has 0 spiro atoms. The summed E-state index contributed by atoms with van der Waals surface area (Å²) in [5, 5.41) is 11.4. The molecular weight excluding hydrogens is 264 g/mol. The van der Waals surface area contributed by atoms with Crippen molar-refractivity contribution in [1.82, 2.24) is 20.2 Å². The molecule has 0 aromatic carbocycles. The largest absolute Gasteiger partial charge is 0.354 e. The van der Waals surface area contributed by atoms with Crippen LogP contribution >= 0.6 is 0 Å². The van der Waals surface area contributed by atoms with Crippen LogP contribution in [0.3, 0.4) is 0 Å². The average molecular weight is 288 g/mol. The van der Waals surface area contributed by atoms with Gasteiger partial charge in [-0.15, -0.1) is 0 Å². The Kier molecular flexibility index (Phi) is 3.94. The highest BCUT2D eigenvalue weighted by Gasteiger charge is 2.30. The first-order valence-corrected chi connectivity index (χ1v) is 7.92. The van der Waals surface area contributed by atoms with Crippen molar-refractivity contribution in [3.05, 3.63) is 6.20 Å². The van der Waals surface area contributed by atoms with Crippen molar-refractivity contribution in [1.29, 1.82) is 0 Å². The van der Waals surface area contributed by atoms with Gasteiger partial charge in [-0.2, -0.15) is 15.1 Å². The van der Waals surface area contributed by atoms with Crippen LogP contribution in [0, 0.1) is 5.92 Å². The summed E-state index contributed by atoms with van der Waals surface area (Å²) in [6, 6.07) is 0.553. The third kappa shape index (κ3) is 2.66. The third-order valence-electron chi connectivity index (χ3n) is 4.16. The van der Waals surface area contributed by atoms with Gasteiger partial charge >= 0.3 is 0 Å². The number of H-pyrrole nitrogens is 1. The monoisotopic (exact) mass is 288 g/mol. The standard InChI is InChI=1S/C15H24N6/c1-4-7-16-15-18-13-11(9-17-20-13)14(19-15)21-8-5-6-12(21)10(2)3/h9-10,12H,4-8H2,1-3H3,(H2,16,17,18,19,20). The second kappa shape index (κ2) is 5.87. The van der Waals surface area contributed by atoms with E-state index in [4.69, 9.17) is 4.98 Å². The van der Waals surface area contributed by atoms with Gasteiger partial charge < -0.3 is 10.2 Å². The van der Waals surface area contributed by atoms with Gasteiger partial charge in [0.1, 0.15) is 5.82 Å². The molecular formula is C15H24N6. The predicted molar refractivity (Wildman–Crippen MR) is 85.7 cm³/mol. The lowest BCUT2D eigenvalue weighted by Crippen LogP contribution is -2.34. The van der Waals surface area contributed by atoms with Crippen molar-refractivity contribution >= 4 is 22.8 Å². The fourth-order valence-corrected chi connectivity index (χ4v) is 3.10. The van der Waals surface area contributed by atoms with Gasteiger partial charge in [-0.25, -0.2) is 0 Å². The summed E-state index contributed by atoms with van der Waals surface area (Å²) in [4.78, 5) is 11.7. The Balaban J connectivity index is 2.01. The quantitative estimate of drug-likeness (QED) is 0.885. The normalized spacial score (nSPS) is 18.9. The summed E-state index contributed by atoms with van der Waals surface area (Å²) in [5.74, 6) is 2.33. The maximum absolute atomic E-state index is 4.77. The van der Waals surface area contributed by atoms with Gasteiger partial charge in [0.25, 0.3) is 0 Å². The fraction of sp³-hybridized carbons (Fsp3) is 0.667. The zero-order chi connectivity index (χ0) is 14.8. The minimum absolute atomic E-state index is 0.553. The molecule has 114 valence electrons. The molecule has 0 saturated carbocycles. The lowest BCUT2D eigenvalue weighted by Gasteiger charge is -2.29. The lowest BCUT2D eigenvalue weighted by molar-refractivity contribution is 0.490. The zero-order valence-electron chi connectivity index (χ0n) is 13.1. The van der Waals surface area contributed by atoms with Crippen molar-refractivity contribution in [3.8, 4) is 0 Å². The SMILES string of the molecule is CCCNc1nc(N2CCCC2C(C)C)c2cn[nH]c2n1. The number of hydrogen-bond acceptors (Lipinski definition) is 5. The van der Waals surface area contributed by atoms with Crippen LogP contribution in [0.2, 0.25) is 0 Å². The Labute approximate surface area is 125 Å². The van der Waals surface area contributed by atoms with Gasteiger partial charge in [0.15, 0.2) is 5.65 Å². The first-order valence-electron chi connectivity index (χ1n) is 7.92. The van der Waals surface area contributed by atoms with Crippen LogP contribution in [0.25, 0.3) is 11.0 Å². The number of rotatable bonds is 5. The molecule has 2 N–H and O–H groups in total. The maximum atomic E-state index is 4.77. The summed E-state index contributed by atoms with van der Waals surface area (Å²) in [7, 11) is 0. The molecule has 0 amide bonds. The van der Waals surface area contributed by atoms with Crippen LogP contribution in [0.4, 0.5) is 11.8 Å². The van der Waals surface area contributed by atoms with E-state index < -0.39 is 0 Å². The van der Waals surface area contributed by atoms with Crippen LogP contribution in [0.1, 0.15) is 40.0 Å². The third-order valence-corrected chi connectivity index (χ3v) is 4.16. The van der Waals surface area contributed by atoms with E-state index in [0.717, 1.165) is 36.4 Å². The lowest BCUT2D eigenvalue weighted by atomic mass is 10.0. The molecule has 1 unspecified atom stereocenters. The van der Waals surface area contributed by atoms with Gasteiger partial charge in [-0.05, 0) is 25.2 Å². The Bertz CT molecular complexity index is 605. The Morgan fingerprint density at radius 1 is 1.43 bits per heavy atom. The van der Waals surface area contributed by atoms with E-state index in [-0.39, 0.29) is 0 Å². The summed E-state index contributed by atoms with van der Waals surface area (Å²) in [6.07, 6.45) is 5.35. The number of nitrogens with one attached hydrogen (secondary N) is 2. The molecule has 3 heterocycles. The minimum Gasteiger partial charge on any atom is -0.354 e. The Hall–Kier alpha value is -1.85. The van der Waals surface area contributed by atoms with E-state index in [2.05, 4.69) is 46.2 Å². The number of nitrogens with zero attached hydrogens (tertiary/aromatic N) is 4. The maximum Gasteiger partial charge on any atom is 0.226 e. The first kappa shape index (κ1) is 14.1. The van der Waals surface area contributed by atoms with Gasteiger partial charge in [0.2, 0.25) is 5.95 Å². The van der Waals surface area contributed by atoms with Crippen LogP contribution in [-0.4, -0.2) is 39.3 Å². The summed E-state index contributed by atoms with van der Waals surface area (Å²) in [5.41, 5.74) is 0.813. The highest BCUT2D eigenvalue weighted by Crippen LogP contribution is 2.32. The van der Waals surface area contributed by atoms with E-state index >= 15 is 0 Å². The fourth-order valence-electron chi connectivity index (χ4n) is 3.10. The second-order valence-corrected chi connectivity index (χ2v) is 6.08. The van der Waals surface area contributed by atoms with Crippen molar-refractivity contribution in [2.24, 2.45) is 5.92 Å². The highest BCUT2D eigenvalue weighted by atomic mass is 15.3. The van der Waals surface area contributed by atoms with Crippen LogP contribution in [-0.2, 0) is 0 Å². The van der Waals surface area contributed by atoms with E-state index in [1.54, 1.807) is 0 Å². The highest BCUT2D eigenvalue weighted by molar-refractivity contribution is 5.87.